The lowest BCUT2D eigenvalue weighted by atomic mass is 9.93. The maximum Gasteiger partial charge on any atom is 0.339 e. The number of ether oxygens (including phenoxy) is 1. The molecule has 5 heteroatoms. The summed E-state index contributed by atoms with van der Waals surface area (Å²) in [6.45, 7) is 0.440. The van der Waals surface area contributed by atoms with Gasteiger partial charge in [0.25, 0.3) is 5.91 Å². The number of halogens is 1. The quantitative estimate of drug-likeness (QED) is 0.546. The van der Waals surface area contributed by atoms with Gasteiger partial charge in [-0.1, -0.05) is 42.5 Å². The van der Waals surface area contributed by atoms with Crippen molar-refractivity contribution in [2.45, 2.75) is 38.0 Å². The summed E-state index contributed by atoms with van der Waals surface area (Å²) in [6.07, 6.45) is 2.12. The molecule has 1 amide bonds. The first kappa shape index (κ1) is 19.5. The topological polar surface area (TPSA) is 46.6 Å². The Morgan fingerprint density at radius 1 is 1.00 bits per heavy atom. The van der Waals surface area contributed by atoms with Gasteiger partial charge in [-0.05, 0) is 59.9 Å². The zero-order valence-corrected chi connectivity index (χ0v) is 17.0. The van der Waals surface area contributed by atoms with Gasteiger partial charge in [0, 0.05) is 24.6 Å². The fraction of sp³-hybridized carbons (Fsp3) is 0.231. The molecule has 31 heavy (non-hydrogen) atoms. The van der Waals surface area contributed by atoms with Gasteiger partial charge in [-0.2, -0.15) is 0 Å². The summed E-state index contributed by atoms with van der Waals surface area (Å²) in [5, 5.41) is 0. The van der Waals surface area contributed by atoms with Crippen molar-refractivity contribution in [3.05, 3.63) is 106 Å². The fourth-order valence-electron chi connectivity index (χ4n) is 4.09. The first-order valence-electron chi connectivity index (χ1n) is 10.5. The molecule has 4 nitrogen and oxygen atoms in total. The Morgan fingerprint density at radius 3 is 2.45 bits per heavy atom. The molecule has 1 heterocycles. The van der Waals surface area contributed by atoms with Gasteiger partial charge < -0.3 is 9.64 Å². The first-order chi connectivity index (χ1) is 15.1. The van der Waals surface area contributed by atoms with Crippen LogP contribution in [0.5, 0.6) is 0 Å². The van der Waals surface area contributed by atoms with Crippen LogP contribution in [0, 0.1) is 5.82 Å². The Kier molecular flexibility index (Phi) is 5.02. The molecule has 0 bridgehead atoms. The SMILES string of the molecule is O=C1OC(c2ccccc2)Cc2cc(C(=O)N(Cc3ccc(F)cc3)C3CC3)ccc21. The third-order valence-corrected chi connectivity index (χ3v) is 5.91. The molecule has 1 unspecified atom stereocenters. The van der Waals surface area contributed by atoms with Gasteiger partial charge in [0.2, 0.25) is 0 Å². The maximum absolute atomic E-state index is 13.4. The molecule has 1 saturated carbocycles. The van der Waals surface area contributed by atoms with Crippen LogP contribution in [-0.2, 0) is 17.7 Å². The number of benzene rings is 3. The second-order valence-electron chi connectivity index (χ2n) is 8.17. The van der Waals surface area contributed by atoms with Gasteiger partial charge in [0.15, 0.2) is 0 Å². The molecule has 3 aromatic carbocycles. The Labute approximate surface area is 180 Å². The van der Waals surface area contributed by atoms with Gasteiger partial charge in [0.1, 0.15) is 11.9 Å². The third-order valence-electron chi connectivity index (χ3n) is 5.91. The number of fused-ring (bicyclic) bond motifs is 1. The molecule has 3 aromatic rings. The number of esters is 1. The summed E-state index contributed by atoms with van der Waals surface area (Å²) < 4.78 is 18.9. The van der Waals surface area contributed by atoms with Crippen molar-refractivity contribution in [3.63, 3.8) is 0 Å². The summed E-state index contributed by atoms with van der Waals surface area (Å²) in [6, 6.07) is 21.3. The second-order valence-corrected chi connectivity index (χ2v) is 8.17. The highest BCUT2D eigenvalue weighted by molar-refractivity contribution is 5.98. The molecule has 1 atom stereocenters. The zero-order chi connectivity index (χ0) is 21.4. The van der Waals surface area contributed by atoms with Crippen LogP contribution < -0.4 is 0 Å². The molecule has 156 valence electrons. The van der Waals surface area contributed by atoms with Crippen LogP contribution >= 0.6 is 0 Å². The monoisotopic (exact) mass is 415 g/mol. The lowest BCUT2D eigenvalue weighted by molar-refractivity contribution is 0.0252. The van der Waals surface area contributed by atoms with E-state index in [-0.39, 0.29) is 29.8 Å². The van der Waals surface area contributed by atoms with Gasteiger partial charge in [-0.3, -0.25) is 4.79 Å². The number of amides is 1. The van der Waals surface area contributed by atoms with Crippen molar-refractivity contribution in [1.82, 2.24) is 4.90 Å². The molecule has 0 spiro atoms. The summed E-state index contributed by atoms with van der Waals surface area (Å²) in [4.78, 5) is 27.7. The predicted octanol–water partition coefficient (Wildman–Crippen LogP) is 5.08. The van der Waals surface area contributed by atoms with Crippen molar-refractivity contribution >= 4 is 11.9 Å². The number of carbonyl (C=O) groups is 2. The third kappa shape index (κ3) is 4.08. The number of carbonyl (C=O) groups excluding carboxylic acids is 2. The van der Waals surface area contributed by atoms with Gasteiger partial charge >= 0.3 is 5.97 Å². The van der Waals surface area contributed by atoms with Gasteiger partial charge in [-0.25, -0.2) is 9.18 Å². The highest BCUT2D eigenvalue weighted by Gasteiger charge is 2.34. The maximum atomic E-state index is 13.4. The molecular weight excluding hydrogens is 393 g/mol. The summed E-state index contributed by atoms with van der Waals surface area (Å²) in [5.41, 5.74) is 3.74. The summed E-state index contributed by atoms with van der Waals surface area (Å²) in [7, 11) is 0. The van der Waals surface area contributed by atoms with Crippen molar-refractivity contribution in [3.8, 4) is 0 Å². The minimum absolute atomic E-state index is 0.0650. The number of nitrogens with zero attached hydrogens (tertiary/aromatic N) is 1. The average Bonchev–Trinajstić information content (AvgIpc) is 3.64. The van der Waals surface area contributed by atoms with Crippen molar-refractivity contribution in [2.75, 3.05) is 0 Å². The number of cyclic esters (lactones) is 1. The summed E-state index contributed by atoms with van der Waals surface area (Å²) >= 11 is 0. The van der Waals surface area contributed by atoms with Gasteiger partial charge in [0.05, 0.1) is 5.56 Å². The molecule has 0 saturated heterocycles. The van der Waals surface area contributed by atoms with E-state index in [1.807, 2.05) is 41.3 Å². The van der Waals surface area contributed by atoms with Crippen LogP contribution in [0.4, 0.5) is 4.39 Å². The van der Waals surface area contributed by atoms with Gasteiger partial charge in [-0.15, -0.1) is 0 Å². The van der Waals surface area contributed by atoms with Crippen LogP contribution in [0.15, 0.2) is 72.8 Å². The lowest BCUT2D eigenvalue weighted by Gasteiger charge is -2.27. The normalized spacial score (nSPS) is 17.6. The molecule has 1 aliphatic carbocycles. The molecule has 2 aliphatic rings. The second kappa shape index (κ2) is 7.99. The molecule has 0 N–H and O–H groups in total. The van der Waals surface area contributed by atoms with E-state index in [1.54, 1.807) is 24.3 Å². The van der Waals surface area contributed by atoms with E-state index in [0.717, 1.165) is 29.5 Å². The predicted molar refractivity (Wildman–Crippen MR) is 114 cm³/mol. The van der Waals surface area contributed by atoms with E-state index in [1.165, 1.54) is 12.1 Å². The minimum Gasteiger partial charge on any atom is -0.454 e. The highest BCUT2D eigenvalue weighted by Crippen LogP contribution is 2.33. The number of hydrogen-bond donors (Lipinski definition) is 0. The number of rotatable bonds is 5. The van der Waals surface area contributed by atoms with E-state index in [4.69, 9.17) is 4.74 Å². The van der Waals surface area contributed by atoms with Crippen LogP contribution in [0.25, 0.3) is 0 Å². The molecule has 1 aliphatic heterocycles. The van der Waals surface area contributed by atoms with E-state index in [2.05, 4.69) is 0 Å². The Balaban J connectivity index is 1.41. The standard InChI is InChI=1S/C26H22FNO3/c27-21-9-6-17(7-10-21)16-28(22-11-12-22)25(29)19-8-13-23-20(14-19)15-24(31-26(23)30)18-4-2-1-3-5-18/h1-10,13-14,22,24H,11-12,15-16H2. The van der Waals surface area contributed by atoms with Crippen LogP contribution in [0.1, 0.15) is 56.4 Å². The molecular formula is C26H22FNO3. The van der Waals surface area contributed by atoms with Crippen molar-refractivity contribution in [2.24, 2.45) is 0 Å². The Morgan fingerprint density at radius 2 is 1.74 bits per heavy atom. The highest BCUT2D eigenvalue weighted by atomic mass is 19.1. The lowest BCUT2D eigenvalue weighted by Crippen LogP contribution is -2.33. The molecule has 1 fully saturated rings. The molecule has 0 radical (unpaired) electrons. The van der Waals surface area contributed by atoms with Crippen molar-refractivity contribution < 1.29 is 18.7 Å². The largest absolute Gasteiger partial charge is 0.454 e. The number of hydrogen-bond acceptors (Lipinski definition) is 3. The van der Waals surface area contributed by atoms with E-state index in [0.29, 0.717) is 24.1 Å². The smallest absolute Gasteiger partial charge is 0.339 e. The van der Waals surface area contributed by atoms with E-state index >= 15 is 0 Å². The van der Waals surface area contributed by atoms with Crippen LogP contribution in [0.2, 0.25) is 0 Å². The Bertz CT molecular complexity index is 1120. The first-order valence-corrected chi connectivity index (χ1v) is 10.5. The van der Waals surface area contributed by atoms with E-state index in [9.17, 15) is 14.0 Å². The fourth-order valence-corrected chi connectivity index (χ4v) is 4.09. The minimum atomic E-state index is -0.362. The van der Waals surface area contributed by atoms with Crippen molar-refractivity contribution in [1.29, 1.82) is 0 Å². The zero-order valence-electron chi connectivity index (χ0n) is 17.0. The average molecular weight is 415 g/mol. The molecule has 5 rings (SSSR count). The molecule has 0 aromatic heterocycles. The van der Waals surface area contributed by atoms with Crippen LogP contribution in [-0.4, -0.2) is 22.8 Å². The summed E-state index contributed by atoms with van der Waals surface area (Å²) in [5.74, 6) is -0.716. The van der Waals surface area contributed by atoms with E-state index < -0.39 is 0 Å². The Hall–Kier alpha value is -3.47. The van der Waals surface area contributed by atoms with Crippen LogP contribution in [0.3, 0.4) is 0 Å².